The maximum atomic E-state index is 4.25. The molecule has 0 aliphatic carbocycles. The van der Waals surface area contributed by atoms with Crippen LogP contribution < -0.4 is 5.32 Å². The smallest absolute Gasteiger partial charge is 0.125 e. The molecule has 1 aliphatic rings. The molecule has 100 valence electrons. The molecular formula is C14H24N4. The Morgan fingerprint density at radius 1 is 1.28 bits per heavy atom. The lowest BCUT2D eigenvalue weighted by Crippen LogP contribution is -2.48. The molecule has 0 amide bonds. The van der Waals surface area contributed by atoms with Gasteiger partial charge in [0.15, 0.2) is 0 Å². The predicted molar refractivity (Wildman–Crippen MR) is 75.8 cm³/mol. The zero-order chi connectivity index (χ0) is 13.0. The van der Waals surface area contributed by atoms with Gasteiger partial charge in [0.1, 0.15) is 5.82 Å². The predicted octanol–water partition coefficient (Wildman–Crippen LogP) is 1.65. The van der Waals surface area contributed by atoms with E-state index < -0.39 is 0 Å². The molecule has 1 N–H and O–H groups in total. The van der Waals surface area contributed by atoms with Crippen molar-refractivity contribution in [2.75, 3.05) is 38.5 Å². The Morgan fingerprint density at radius 3 is 2.61 bits per heavy atom. The summed E-state index contributed by atoms with van der Waals surface area (Å²) in [5.74, 6) is 0.952. The lowest BCUT2D eigenvalue weighted by atomic mass is 10.2. The van der Waals surface area contributed by atoms with Crippen LogP contribution in [0.25, 0.3) is 0 Å². The number of hydrogen-bond donors (Lipinski definition) is 1. The van der Waals surface area contributed by atoms with Crippen molar-refractivity contribution >= 4 is 5.82 Å². The second kappa shape index (κ2) is 6.16. The average molecular weight is 248 g/mol. The Hall–Kier alpha value is -1.13. The minimum absolute atomic E-state index is 0.670. The first-order valence-corrected chi connectivity index (χ1v) is 6.78. The van der Waals surface area contributed by atoms with Crippen LogP contribution in [0.3, 0.4) is 0 Å². The van der Waals surface area contributed by atoms with Crippen molar-refractivity contribution in [1.29, 1.82) is 0 Å². The number of pyridine rings is 1. The first-order chi connectivity index (χ1) is 8.69. The zero-order valence-electron chi connectivity index (χ0n) is 11.7. The number of hydrogen-bond acceptors (Lipinski definition) is 4. The molecule has 0 saturated carbocycles. The Balaban J connectivity index is 1.87. The fraction of sp³-hybridized carbons (Fsp3) is 0.643. The topological polar surface area (TPSA) is 31.4 Å². The molecule has 2 heterocycles. The van der Waals surface area contributed by atoms with Gasteiger partial charge < -0.3 is 5.32 Å². The standard InChI is InChI=1S/C14H24N4/c1-12(2)18-8-6-17(7-9-18)11-13-4-5-16-14(10-13)15-3/h4-5,10,12H,6-9,11H2,1-3H3,(H,15,16). The highest BCUT2D eigenvalue weighted by Crippen LogP contribution is 2.12. The molecule has 1 aromatic rings. The SMILES string of the molecule is CNc1cc(CN2CCN(C(C)C)CC2)ccn1. The van der Waals surface area contributed by atoms with E-state index in [2.05, 4.69) is 46.1 Å². The zero-order valence-corrected chi connectivity index (χ0v) is 11.7. The fourth-order valence-electron chi connectivity index (χ4n) is 2.41. The third-order valence-electron chi connectivity index (χ3n) is 3.62. The van der Waals surface area contributed by atoms with Gasteiger partial charge in [0.2, 0.25) is 0 Å². The highest BCUT2D eigenvalue weighted by molar-refractivity contribution is 5.36. The van der Waals surface area contributed by atoms with Crippen LogP contribution in [0.5, 0.6) is 0 Å². The van der Waals surface area contributed by atoms with Gasteiger partial charge in [-0.2, -0.15) is 0 Å². The summed E-state index contributed by atoms with van der Waals surface area (Å²) in [4.78, 5) is 9.31. The third-order valence-corrected chi connectivity index (χ3v) is 3.62. The van der Waals surface area contributed by atoms with Crippen molar-refractivity contribution < 1.29 is 0 Å². The summed E-state index contributed by atoms with van der Waals surface area (Å²) in [6.45, 7) is 10.3. The van der Waals surface area contributed by atoms with E-state index in [0.717, 1.165) is 25.5 Å². The number of anilines is 1. The lowest BCUT2D eigenvalue weighted by molar-refractivity contribution is 0.104. The number of rotatable bonds is 4. The van der Waals surface area contributed by atoms with Crippen molar-refractivity contribution in [3.8, 4) is 0 Å². The van der Waals surface area contributed by atoms with E-state index in [1.54, 1.807) is 0 Å². The molecule has 0 atom stereocenters. The lowest BCUT2D eigenvalue weighted by Gasteiger charge is -2.36. The number of nitrogens with zero attached hydrogens (tertiary/aromatic N) is 3. The van der Waals surface area contributed by atoms with Crippen molar-refractivity contribution in [3.05, 3.63) is 23.9 Å². The summed E-state index contributed by atoms with van der Waals surface area (Å²) in [6, 6.07) is 4.91. The maximum absolute atomic E-state index is 4.25. The largest absolute Gasteiger partial charge is 0.373 e. The van der Waals surface area contributed by atoms with E-state index in [9.17, 15) is 0 Å². The van der Waals surface area contributed by atoms with E-state index >= 15 is 0 Å². The molecule has 0 aromatic carbocycles. The quantitative estimate of drug-likeness (QED) is 0.878. The number of nitrogens with one attached hydrogen (secondary N) is 1. The highest BCUT2D eigenvalue weighted by atomic mass is 15.3. The molecular weight excluding hydrogens is 224 g/mol. The molecule has 18 heavy (non-hydrogen) atoms. The van der Waals surface area contributed by atoms with Gasteiger partial charge in [-0.15, -0.1) is 0 Å². The third kappa shape index (κ3) is 3.43. The monoisotopic (exact) mass is 248 g/mol. The van der Waals surface area contributed by atoms with Crippen molar-refractivity contribution in [1.82, 2.24) is 14.8 Å². The molecule has 0 radical (unpaired) electrons. The van der Waals surface area contributed by atoms with Crippen molar-refractivity contribution in [2.24, 2.45) is 0 Å². The molecule has 0 bridgehead atoms. The van der Waals surface area contributed by atoms with E-state index in [1.807, 2.05) is 13.2 Å². The van der Waals surface area contributed by atoms with Gasteiger partial charge in [0, 0.05) is 52.0 Å². The van der Waals surface area contributed by atoms with Gasteiger partial charge in [0.05, 0.1) is 0 Å². The Morgan fingerprint density at radius 2 is 2.00 bits per heavy atom. The van der Waals surface area contributed by atoms with Crippen LogP contribution in [-0.2, 0) is 6.54 Å². The van der Waals surface area contributed by atoms with Gasteiger partial charge in [-0.05, 0) is 31.5 Å². The molecule has 1 aromatic heterocycles. The van der Waals surface area contributed by atoms with Crippen LogP contribution in [0.2, 0.25) is 0 Å². The van der Waals surface area contributed by atoms with Crippen LogP contribution >= 0.6 is 0 Å². The second-order valence-electron chi connectivity index (χ2n) is 5.21. The van der Waals surface area contributed by atoms with E-state index in [0.29, 0.717) is 6.04 Å². The molecule has 4 nitrogen and oxygen atoms in total. The molecule has 1 saturated heterocycles. The summed E-state index contributed by atoms with van der Waals surface area (Å²) in [6.07, 6.45) is 1.88. The summed E-state index contributed by atoms with van der Waals surface area (Å²) in [5, 5.41) is 3.09. The summed E-state index contributed by atoms with van der Waals surface area (Å²) < 4.78 is 0. The van der Waals surface area contributed by atoms with Gasteiger partial charge in [0.25, 0.3) is 0 Å². The van der Waals surface area contributed by atoms with Gasteiger partial charge >= 0.3 is 0 Å². The first-order valence-electron chi connectivity index (χ1n) is 6.78. The minimum Gasteiger partial charge on any atom is -0.373 e. The second-order valence-corrected chi connectivity index (χ2v) is 5.21. The molecule has 1 aliphatic heterocycles. The van der Waals surface area contributed by atoms with Crippen LogP contribution in [0.15, 0.2) is 18.3 Å². The average Bonchev–Trinajstić information content (AvgIpc) is 2.39. The minimum atomic E-state index is 0.670. The number of aromatic nitrogens is 1. The first kappa shape index (κ1) is 13.3. The Labute approximate surface area is 110 Å². The van der Waals surface area contributed by atoms with Crippen LogP contribution in [-0.4, -0.2) is 54.1 Å². The Kier molecular flexibility index (Phi) is 4.55. The van der Waals surface area contributed by atoms with Crippen LogP contribution in [0, 0.1) is 0 Å². The summed E-state index contributed by atoms with van der Waals surface area (Å²) >= 11 is 0. The molecule has 1 fully saturated rings. The van der Waals surface area contributed by atoms with E-state index in [4.69, 9.17) is 0 Å². The molecule has 0 spiro atoms. The van der Waals surface area contributed by atoms with Crippen molar-refractivity contribution in [2.45, 2.75) is 26.4 Å². The van der Waals surface area contributed by atoms with E-state index in [1.165, 1.54) is 18.7 Å². The summed E-state index contributed by atoms with van der Waals surface area (Å²) in [5.41, 5.74) is 1.34. The van der Waals surface area contributed by atoms with Gasteiger partial charge in [-0.25, -0.2) is 4.98 Å². The summed E-state index contributed by atoms with van der Waals surface area (Å²) in [7, 11) is 1.91. The number of piperazine rings is 1. The van der Waals surface area contributed by atoms with E-state index in [-0.39, 0.29) is 0 Å². The highest BCUT2D eigenvalue weighted by Gasteiger charge is 2.18. The van der Waals surface area contributed by atoms with Crippen LogP contribution in [0.4, 0.5) is 5.82 Å². The Bertz CT molecular complexity index is 370. The maximum Gasteiger partial charge on any atom is 0.125 e. The fourth-order valence-corrected chi connectivity index (χ4v) is 2.41. The molecule has 4 heteroatoms. The van der Waals surface area contributed by atoms with Crippen LogP contribution in [0.1, 0.15) is 19.4 Å². The van der Waals surface area contributed by atoms with Gasteiger partial charge in [-0.3, -0.25) is 9.80 Å². The normalized spacial score (nSPS) is 18.2. The molecule has 0 unspecified atom stereocenters. The van der Waals surface area contributed by atoms with Crippen molar-refractivity contribution in [3.63, 3.8) is 0 Å². The molecule has 2 rings (SSSR count). The van der Waals surface area contributed by atoms with Gasteiger partial charge in [-0.1, -0.05) is 0 Å².